The fraction of sp³-hybridized carbons (Fsp3) is 0.538. The maximum absolute atomic E-state index is 12.9. The van der Waals surface area contributed by atoms with Gasteiger partial charge in [0.15, 0.2) is 11.4 Å². The van der Waals surface area contributed by atoms with Gasteiger partial charge in [-0.2, -0.15) is 5.10 Å². The van der Waals surface area contributed by atoms with Crippen LogP contribution in [-0.4, -0.2) is 33.6 Å². The van der Waals surface area contributed by atoms with Crippen LogP contribution in [0, 0.1) is 11.8 Å². The molecule has 8 heteroatoms. The summed E-state index contributed by atoms with van der Waals surface area (Å²) in [5, 5.41) is 10.1. The van der Waals surface area contributed by atoms with Gasteiger partial charge >= 0.3 is 5.97 Å². The van der Waals surface area contributed by atoms with E-state index in [2.05, 4.69) is 21.6 Å². The highest BCUT2D eigenvalue weighted by Gasteiger charge is 2.54. The van der Waals surface area contributed by atoms with Crippen LogP contribution in [0.15, 0.2) is 30.3 Å². The van der Waals surface area contributed by atoms with E-state index < -0.39 is 11.5 Å². The van der Waals surface area contributed by atoms with Gasteiger partial charge in [0.25, 0.3) is 5.91 Å². The van der Waals surface area contributed by atoms with E-state index in [0.717, 1.165) is 43.4 Å². The van der Waals surface area contributed by atoms with E-state index in [1.165, 1.54) is 12.0 Å². The average Bonchev–Trinajstić information content (AvgIpc) is 3.28. The summed E-state index contributed by atoms with van der Waals surface area (Å²) in [7, 11) is 0. The zero-order chi connectivity index (χ0) is 23.7. The molecule has 180 valence electrons. The number of aryl methyl sites for hydroxylation is 1. The number of nitrogens with zero attached hydrogens (tertiary/aromatic N) is 1. The minimum absolute atomic E-state index is 0.0147. The molecule has 34 heavy (non-hydrogen) atoms. The molecule has 1 atom stereocenters. The number of H-pyrrole nitrogens is 1. The minimum Gasteiger partial charge on any atom is -0.449 e. The topological polar surface area (TPSA) is 127 Å². The lowest BCUT2D eigenvalue weighted by molar-refractivity contribution is -0.183. The summed E-state index contributed by atoms with van der Waals surface area (Å²) in [6.07, 6.45) is 8.00. The molecule has 0 radical (unpaired) electrons. The number of nitrogens with two attached hydrogens (primary N) is 1. The Morgan fingerprint density at radius 1 is 1.03 bits per heavy atom. The van der Waals surface area contributed by atoms with Crippen molar-refractivity contribution in [3.05, 3.63) is 47.2 Å². The number of carbonyl (C=O) groups is 3. The predicted octanol–water partition coefficient (Wildman–Crippen LogP) is 3.38. The fourth-order valence-electron chi connectivity index (χ4n) is 5.67. The second kappa shape index (κ2) is 9.24. The highest BCUT2D eigenvalue weighted by molar-refractivity contribution is 5.92. The molecular formula is C26H32N4O4. The third-order valence-electron chi connectivity index (χ3n) is 7.84. The van der Waals surface area contributed by atoms with E-state index in [-0.39, 0.29) is 29.6 Å². The summed E-state index contributed by atoms with van der Waals surface area (Å²) in [5.74, 6) is -0.721. The van der Waals surface area contributed by atoms with Gasteiger partial charge in [0.1, 0.15) is 0 Å². The van der Waals surface area contributed by atoms with Gasteiger partial charge in [-0.3, -0.25) is 19.5 Å². The van der Waals surface area contributed by atoms with Crippen molar-refractivity contribution in [2.24, 2.45) is 17.6 Å². The van der Waals surface area contributed by atoms with Crippen LogP contribution in [0.5, 0.6) is 0 Å². The number of aromatic nitrogens is 2. The third kappa shape index (κ3) is 4.45. The first-order chi connectivity index (χ1) is 16.4. The summed E-state index contributed by atoms with van der Waals surface area (Å²) in [4.78, 5) is 37.7. The maximum Gasteiger partial charge on any atom is 0.310 e. The molecule has 2 fully saturated rings. The largest absolute Gasteiger partial charge is 0.449 e. The molecular weight excluding hydrogens is 432 g/mol. The number of benzene rings is 1. The number of hydrogen-bond acceptors (Lipinski definition) is 5. The molecule has 3 aliphatic carbocycles. The Kier molecular flexibility index (Phi) is 6.15. The zero-order valence-electron chi connectivity index (χ0n) is 19.3. The van der Waals surface area contributed by atoms with E-state index in [9.17, 15) is 14.4 Å². The number of nitrogens with one attached hydrogen (secondary N) is 2. The number of rotatable bonds is 6. The number of carbonyl (C=O) groups excluding carboxylic acids is 3. The average molecular weight is 465 g/mol. The highest BCUT2D eigenvalue weighted by Crippen LogP contribution is 2.47. The van der Waals surface area contributed by atoms with Crippen LogP contribution in [0.2, 0.25) is 0 Å². The summed E-state index contributed by atoms with van der Waals surface area (Å²) >= 11 is 0. The van der Waals surface area contributed by atoms with E-state index in [0.29, 0.717) is 31.5 Å². The normalized spacial score (nSPS) is 26.7. The third-order valence-corrected chi connectivity index (χ3v) is 7.84. The van der Waals surface area contributed by atoms with Crippen LogP contribution in [0.1, 0.15) is 74.1 Å². The number of aromatic amines is 1. The standard InChI is InChI=1S/C26H32N4O4/c27-25(33)26(34-24(32)19-11-10-16-6-4-5-9-18(16)12-19)14-20(15-26)21-13-22(30-29-21)28-23(31)17-7-2-1-3-8-17/h4-6,9,13,17,19-20H,1-3,7-8,10-12,14-15H2,(H2,27,33)(H2,28,29,30,31). The number of esters is 1. The van der Waals surface area contributed by atoms with Crippen molar-refractivity contribution >= 4 is 23.6 Å². The second-order valence-electron chi connectivity index (χ2n) is 10.1. The molecule has 0 saturated heterocycles. The van der Waals surface area contributed by atoms with Crippen LogP contribution in [0.3, 0.4) is 0 Å². The minimum atomic E-state index is -1.28. The number of amides is 2. The van der Waals surface area contributed by atoms with Crippen molar-refractivity contribution in [1.29, 1.82) is 0 Å². The van der Waals surface area contributed by atoms with Crippen LogP contribution >= 0.6 is 0 Å². The van der Waals surface area contributed by atoms with Crippen LogP contribution in [-0.2, 0) is 32.0 Å². The van der Waals surface area contributed by atoms with Crippen LogP contribution in [0.4, 0.5) is 5.82 Å². The monoisotopic (exact) mass is 464 g/mol. The van der Waals surface area contributed by atoms with Gasteiger partial charge in [-0.25, -0.2) is 0 Å². The summed E-state index contributed by atoms with van der Waals surface area (Å²) < 4.78 is 5.77. The Labute approximate surface area is 199 Å². The van der Waals surface area contributed by atoms with Crippen molar-refractivity contribution in [2.45, 2.75) is 75.7 Å². The first kappa shape index (κ1) is 22.6. The number of ether oxygens (including phenoxy) is 1. The summed E-state index contributed by atoms with van der Waals surface area (Å²) in [5.41, 5.74) is 7.64. The lowest BCUT2D eigenvalue weighted by atomic mass is 9.68. The van der Waals surface area contributed by atoms with Gasteiger partial charge in [0, 0.05) is 36.4 Å². The van der Waals surface area contributed by atoms with Gasteiger partial charge in [-0.1, -0.05) is 43.5 Å². The lowest BCUT2D eigenvalue weighted by Gasteiger charge is -2.44. The van der Waals surface area contributed by atoms with Crippen molar-refractivity contribution in [3.8, 4) is 0 Å². The first-order valence-electron chi connectivity index (χ1n) is 12.4. The molecule has 3 aliphatic rings. The van der Waals surface area contributed by atoms with Gasteiger partial charge in [-0.05, 0) is 43.2 Å². The van der Waals surface area contributed by atoms with Gasteiger partial charge < -0.3 is 15.8 Å². The fourth-order valence-corrected chi connectivity index (χ4v) is 5.67. The van der Waals surface area contributed by atoms with E-state index in [1.54, 1.807) is 6.07 Å². The van der Waals surface area contributed by atoms with Crippen molar-refractivity contribution in [3.63, 3.8) is 0 Å². The highest BCUT2D eigenvalue weighted by atomic mass is 16.6. The van der Waals surface area contributed by atoms with E-state index in [1.807, 2.05) is 18.2 Å². The number of anilines is 1. The van der Waals surface area contributed by atoms with Crippen LogP contribution < -0.4 is 11.1 Å². The molecule has 2 saturated carbocycles. The predicted molar refractivity (Wildman–Crippen MR) is 126 cm³/mol. The summed E-state index contributed by atoms with van der Waals surface area (Å²) in [6, 6.07) is 9.92. The molecule has 0 spiro atoms. The number of hydrogen-bond donors (Lipinski definition) is 3. The molecule has 4 N–H and O–H groups in total. The van der Waals surface area contributed by atoms with E-state index >= 15 is 0 Å². The molecule has 2 amide bonds. The Hall–Kier alpha value is -3.16. The van der Waals surface area contributed by atoms with Crippen molar-refractivity contribution in [2.75, 3.05) is 5.32 Å². The Morgan fingerprint density at radius 3 is 2.50 bits per heavy atom. The van der Waals surface area contributed by atoms with Crippen molar-refractivity contribution < 1.29 is 19.1 Å². The van der Waals surface area contributed by atoms with Crippen LogP contribution in [0.25, 0.3) is 0 Å². The smallest absolute Gasteiger partial charge is 0.310 e. The molecule has 0 bridgehead atoms. The molecule has 1 aromatic heterocycles. The lowest BCUT2D eigenvalue weighted by Crippen LogP contribution is -2.56. The first-order valence-corrected chi connectivity index (χ1v) is 12.4. The van der Waals surface area contributed by atoms with Gasteiger partial charge in [0.2, 0.25) is 5.91 Å². The Morgan fingerprint density at radius 2 is 1.76 bits per heavy atom. The van der Waals surface area contributed by atoms with Crippen molar-refractivity contribution in [1.82, 2.24) is 10.2 Å². The quantitative estimate of drug-likeness (QED) is 0.565. The molecule has 1 heterocycles. The van der Waals surface area contributed by atoms with Gasteiger partial charge in [0.05, 0.1) is 5.92 Å². The molecule has 0 aliphatic heterocycles. The zero-order valence-corrected chi connectivity index (χ0v) is 19.3. The van der Waals surface area contributed by atoms with Gasteiger partial charge in [-0.15, -0.1) is 0 Å². The number of fused-ring (bicyclic) bond motifs is 1. The molecule has 1 aromatic carbocycles. The Bertz CT molecular complexity index is 1080. The molecule has 1 unspecified atom stereocenters. The summed E-state index contributed by atoms with van der Waals surface area (Å²) in [6.45, 7) is 0. The SMILES string of the molecule is NC(=O)C1(OC(=O)C2CCc3ccccc3C2)CC(c2cc(NC(=O)C3CCCCC3)n[nH]2)C1. The number of primary amides is 1. The Balaban J connectivity index is 1.18. The second-order valence-corrected chi connectivity index (χ2v) is 10.1. The molecule has 5 rings (SSSR count). The van der Waals surface area contributed by atoms with E-state index in [4.69, 9.17) is 10.5 Å². The maximum atomic E-state index is 12.9. The molecule has 8 nitrogen and oxygen atoms in total. The molecule has 2 aromatic rings.